The van der Waals surface area contributed by atoms with Crippen molar-refractivity contribution in [3.05, 3.63) is 40.2 Å². The van der Waals surface area contributed by atoms with Crippen LogP contribution in [0.15, 0.2) is 23.3 Å². The van der Waals surface area contributed by atoms with E-state index in [1.807, 2.05) is 30.7 Å². The Balaban J connectivity index is 1.65. The van der Waals surface area contributed by atoms with Gasteiger partial charge in [-0.3, -0.25) is 9.48 Å². The molecule has 1 aliphatic heterocycles. The van der Waals surface area contributed by atoms with Crippen molar-refractivity contribution in [1.82, 2.24) is 15.1 Å². The molecule has 0 saturated heterocycles. The maximum atomic E-state index is 12.8. The fraction of sp³-hybridized carbons (Fsp3) is 0.636. The fourth-order valence-corrected chi connectivity index (χ4v) is 3.82. The summed E-state index contributed by atoms with van der Waals surface area (Å²) in [6, 6.07) is 0. The van der Waals surface area contributed by atoms with Gasteiger partial charge in [0.15, 0.2) is 6.29 Å². The Morgan fingerprint density at radius 3 is 2.97 bits per heavy atom. The summed E-state index contributed by atoms with van der Waals surface area (Å²) in [6.45, 7) is 7.10. The van der Waals surface area contributed by atoms with Crippen molar-refractivity contribution in [2.45, 2.75) is 65.2 Å². The molecule has 2 aliphatic rings. The van der Waals surface area contributed by atoms with Crippen molar-refractivity contribution in [3.8, 4) is 0 Å². The number of nitrogens with zero attached hydrogens (tertiary/aromatic N) is 2. The molecule has 0 radical (unpaired) electrons. The van der Waals surface area contributed by atoms with Gasteiger partial charge in [-0.2, -0.15) is 5.10 Å². The molecule has 0 spiro atoms. The number of fused-ring (bicyclic) bond motifs is 1. The third kappa shape index (κ3) is 5.56. The molecule has 29 heavy (non-hydrogen) atoms. The van der Waals surface area contributed by atoms with E-state index in [1.54, 1.807) is 0 Å². The zero-order valence-corrected chi connectivity index (χ0v) is 17.6. The first-order chi connectivity index (χ1) is 14.1. The van der Waals surface area contributed by atoms with E-state index in [2.05, 4.69) is 5.32 Å². The Hall–Kier alpha value is -1.96. The van der Waals surface area contributed by atoms with E-state index in [9.17, 15) is 9.90 Å². The zero-order chi connectivity index (χ0) is 20.6. The summed E-state index contributed by atoms with van der Waals surface area (Å²) in [5, 5.41) is 17.9. The maximum Gasteiger partial charge on any atom is 0.255 e. The summed E-state index contributed by atoms with van der Waals surface area (Å²) >= 11 is 0. The predicted molar refractivity (Wildman–Crippen MR) is 111 cm³/mol. The molecule has 2 N–H and O–H groups in total. The third-order valence-corrected chi connectivity index (χ3v) is 5.42. The van der Waals surface area contributed by atoms with Gasteiger partial charge in [-0.05, 0) is 45.4 Å². The molecule has 1 aromatic rings. The first-order valence-corrected chi connectivity index (χ1v) is 10.7. The Bertz CT molecular complexity index is 766. The molecule has 0 saturated carbocycles. The number of hydrogen-bond donors (Lipinski definition) is 2. The summed E-state index contributed by atoms with van der Waals surface area (Å²) in [4.78, 5) is 12.8. The van der Waals surface area contributed by atoms with Gasteiger partial charge in [0, 0.05) is 31.9 Å². The standard InChI is InChI=1S/C22H33N3O4/c1-3-18-20-19(10-5-13-28-14-6-11-23-21(20)26)25(24-18)12-7-15-29-22(27)17-9-4-8-16(17)2/h4,9,22,27H,3,5-8,10-15H2,1-2H3,(H,23,26). The average molecular weight is 404 g/mol. The van der Waals surface area contributed by atoms with Crippen molar-refractivity contribution >= 4 is 5.91 Å². The van der Waals surface area contributed by atoms with Crippen LogP contribution in [0, 0.1) is 0 Å². The lowest BCUT2D eigenvalue weighted by atomic mass is 10.1. The lowest BCUT2D eigenvalue weighted by Gasteiger charge is -2.14. The van der Waals surface area contributed by atoms with Crippen LogP contribution >= 0.6 is 0 Å². The van der Waals surface area contributed by atoms with Gasteiger partial charge in [0.25, 0.3) is 5.91 Å². The first-order valence-electron chi connectivity index (χ1n) is 10.7. The first kappa shape index (κ1) is 21.7. The van der Waals surface area contributed by atoms with Crippen molar-refractivity contribution in [3.63, 3.8) is 0 Å². The van der Waals surface area contributed by atoms with Crippen LogP contribution in [0.25, 0.3) is 0 Å². The van der Waals surface area contributed by atoms with Crippen LogP contribution in [0.5, 0.6) is 0 Å². The number of hydrogen-bond acceptors (Lipinski definition) is 5. The summed E-state index contributed by atoms with van der Waals surface area (Å²) in [5.74, 6) is -0.0351. The number of nitrogens with one attached hydrogen (secondary N) is 1. The van der Waals surface area contributed by atoms with Crippen LogP contribution in [0.3, 0.4) is 0 Å². The molecule has 1 aliphatic carbocycles. The molecule has 1 atom stereocenters. The Labute approximate surface area is 172 Å². The summed E-state index contributed by atoms with van der Waals surface area (Å²) in [7, 11) is 0. The molecule has 160 valence electrons. The molecule has 1 amide bonds. The van der Waals surface area contributed by atoms with Crippen LogP contribution < -0.4 is 5.32 Å². The third-order valence-electron chi connectivity index (χ3n) is 5.42. The molecule has 0 bridgehead atoms. The molecule has 7 heteroatoms. The minimum absolute atomic E-state index is 0.0351. The summed E-state index contributed by atoms with van der Waals surface area (Å²) in [6.07, 6.45) is 7.84. The quantitative estimate of drug-likeness (QED) is 0.540. The van der Waals surface area contributed by atoms with E-state index >= 15 is 0 Å². The monoisotopic (exact) mass is 403 g/mol. The van der Waals surface area contributed by atoms with Gasteiger partial charge < -0.3 is 19.9 Å². The van der Waals surface area contributed by atoms with Gasteiger partial charge >= 0.3 is 0 Å². The fourth-order valence-electron chi connectivity index (χ4n) is 3.82. The number of ether oxygens (including phenoxy) is 2. The van der Waals surface area contributed by atoms with Gasteiger partial charge in [-0.25, -0.2) is 0 Å². The number of carbonyl (C=O) groups excluding carboxylic acids is 1. The topological polar surface area (TPSA) is 85.6 Å². The summed E-state index contributed by atoms with van der Waals surface area (Å²) < 4.78 is 13.2. The highest BCUT2D eigenvalue weighted by Crippen LogP contribution is 2.22. The van der Waals surface area contributed by atoms with Crippen LogP contribution in [0.4, 0.5) is 0 Å². The van der Waals surface area contributed by atoms with Crippen LogP contribution in [-0.2, 0) is 28.9 Å². The van der Waals surface area contributed by atoms with Crippen molar-refractivity contribution < 1.29 is 19.4 Å². The number of carbonyl (C=O) groups is 1. The lowest BCUT2D eigenvalue weighted by Crippen LogP contribution is -2.26. The molecule has 3 rings (SSSR count). The molecular formula is C22H33N3O4. The highest BCUT2D eigenvalue weighted by Gasteiger charge is 2.23. The average Bonchev–Trinajstić information content (AvgIpc) is 3.29. The number of rotatable bonds is 7. The summed E-state index contributed by atoms with van der Waals surface area (Å²) in [5.41, 5.74) is 4.56. The number of allylic oxidation sites excluding steroid dienone is 2. The molecule has 2 heterocycles. The maximum absolute atomic E-state index is 12.8. The Morgan fingerprint density at radius 2 is 2.21 bits per heavy atom. The second-order valence-electron chi connectivity index (χ2n) is 7.59. The Morgan fingerprint density at radius 1 is 1.38 bits per heavy atom. The smallest absolute Gasteiger partial charge is 0.255 e. The van der Waals surface area contributed by atoms with Crippen LogP contribution in [-0.4, -0.2) is 53.4 Å². The molecule has 1 aromatic heterocycles. The largest absolute Gasteiger partial charge is 0.381 e. The van der Waals surface area contributed by atoms with Gasteiger partial charge in [0.05, 0.1) is 23.6 Å². The number of aliphatic hydroxyl groups excluding tert-OH is 1. The van der Waals surface area contributed by atoms with E-state index in [0.717, 1.165) is 53.8 Å². The van der Waals surface area contributed by atoms with E-state index in [0.29, 0.717) is 45.8 Å². The lowest BCUT2D eigenvalue weighted by molar-refractivity contribution is -0.0717. The second kappa shape index (κ2) is 10.7. The normalized spacial score (nSPS) is 19.1. The van der Waals surface area contributed by atoms with Gasteiger partial charge in [-0.15, -0.1) is 0 Å². The van der Waals surface area contributed by atoms with Gasteiger partial charge in [0.1, 0.15) is 0 Å². The van der Waals surface area contributed by atoms with Crippen molar-refractivity contribution in [2.24, 2.45) is 0 Å². The minimum atomic E-state index is -0.878. The predicted octanol–water partition coefficient (Wildman–Crippen LogP) is 2.53. The van der Waals surface area contributed by atoms with E-state index in [1.165, 1.54) is 0 Å². The zero-order valence-electron chi connectivity index (χ0n) is 17.6. The SMILES string of the molecule is CCc1nn(CCCOC(O)C2=C(C)CC=C2)c2c1C(=O)NCCCOCCC2. The van der Waals surface area contributed by atoms with Crippen molar-refractivity contribution in [2.75, 3.05) is 26.4 Å². The molecular weight excluding hydrogens is 370 g/mol. The number of aryl methyl sites for hydroxylation is 2. The van der Waals surface area contributed by atoms with E-state index in [4.69, 9.17) is 14.6 Å². The number of aromatic nitrogens is 2. The van der Waals surface area contributed by atoms with Crippen molar-refractivity contribution in [1.29, 1.82) is 0 Å². The highest BCUT2D eigenvalue weighted by atomic mass is 16.6. The van der Waals surface area contributed by atoms with E-state index < -0.39 is 6.29 Å². The molecule has 7 nitrogen and oxygen atoms in total. The van der Waals surface area contributed by atoms with Crippen LogP contribution in [0.2, 0.25) is 0 Å². The van der Waals surface area contributed by atoms with Gasteiger partial charge in [0.2, 0.25) is 0 Å². The van der Waals surface area contributed by atoms with Crippen LogP contribution in [0.1, 0.15) is 61.3 Å². The number of aliphatic hydroxyl groups is 1. The number of amides is 1. The van der Waals surface area contributed by atoms with Gasteiger partial charge in [-0.1, -0.05) is 24.6 Å². The van der Waals surface area contributed by atoms with E-state index in [-0.39, 0.29) is 5.91 Å². The highest BCUT2D eigenvalue weighted by molar-refractivity contribution is 5.96. The minimum Gasteiger partial charge on any atom is -0.381 e. The molecule has 0 aromatic carbocycles. The second-order valence-corrected chi connectivity index (χ2v) is 7.59. The molecule has 0 fully saturated rings. The Kier molecular flexibility index (Phi) is 8.03. The molecule has 1 unspecified atom stereocenters.